The lowest BCUT2D eigenvalue weighted by Gasteiger charge is -2.46. The number of carbonyl (C=O) groups excluding carboxylic acids is 1. The first kappa shape index (κ1) is 20.5. The van der Waals surface area contributed by atoms with Crippen molar-refractivity contribution in [1.29, 1.82) is 0 Å². The summed E-state index contributed by atoms with van der Waals surface area (Å²) in [6.45, 7) is 6.47. The summed E-state index contributed by atoms with van der Waals surface area (Å²) in [7, 11) is 0. The number of fused-ring (bicyclic) bond motifs is 1. The van der Waals surface area contributed by atoms with Crippen LogP contribution in [0.2, 0.25) is 0 Å². The normalized spacial score (nSPS) is 24.8. The van der Waals surface area contributed by atoms with E-state index in [1.807, 2.05) is 0 Å². The van der Waals surface area contributed by atoms with E-state index in [9.17, 15) is 4.79 Å². The highest BCUT2D eigenvalue weighted by Gasteiger charge is 2.47. The van der Waals surface area contributed by atoms with Crippen LogP contribution in [-0.4, -0.2) is 22.2 Å². The summed E-state index contributed by atoms with van der Waals surface area (Å²) in [4.78, 5) is 21.9. The zero-order valence-electron chi connectivity index (χ0n) is 16.3. The molecule has 4 heteroatoms. The molecule has 4 nitrogen and oxygen atoms in total. The minimum Gasteiger partial charge on any atom is -0.450 e. The van der Waals surface area contributed by atoms with Crippen molar-refractivity contribution in [3.8, 4) is 0 Å². The highest BCUT2D eigenvalue weighted by molar-refractivity contribution is 5.88. The molecule has 2 fully saturated rings. The van der Waals surface area contributed by atoms with Crippen molar-refractivity contribution in [2.45, 2.75) is 78.6 Å². The standard InChI is InChI=1S/C21H30O.CH2O3/c1-15-12-16(2)19(17(3)13-15)14-20(22)21-10-6-4-8-18(21)9-5-7-11-21;2-1(3)4/h12-13,18H,4-11,14H2,1-3H3;(H2,2,3,4). The van der Waals surface area contributed by atoms with Gasteiger partial charge in [-0.25, -0.2) is 4.79 Å². The third kappa shape index (κ3) is 4.66. The Morgan fingerprint density at radius 2 is 1.42 bits per heavy atom. The van der Waals surface area contributed by atoms with Crippen LogP contribution < -0.4 is 0 Å². The largest absolute Gasteiger partial charge is 0.503 e. The van der Waals surface area contributed by atoms with Crippen LogP contribution in [0.3, 0.4) is 0 Å². The molecule has 0 aliphatic heterocycles. The molecule has 1 aromatic rings. The first-order valence-corrected chi connectivity index (χ1v) is 9.78. The fourth-order valence-electron chi connectivity index (χ4n) is 5.22. The van der Waals surface area contributed by atoms with Gasteiger partial charge < -0.3 is 10.2 Å². The smallest absolute Gasteiger partial charge is 0.450 e. The quantitative estimate of drug-likeness (QED) is 0.725. The maximum atomic E-state index is 13.3. The van der Waals surface area contributed by atoms with Gasteiger partial charge >= 0.3 is 6.16 Å². The third-order valence-electron chi connectivity index (χ3n) is 6.37. The molecule has 144 valence electrons. The van der Waals surface area contributed by atoms with Crippen LogP contribution in [0.25, 0.3) is 0 Å². The van der Waals surface area contributed by atoms with Gasteiger partial charge in [0.15, 0.2) is 0 Å². The molecule has 0 unspecified atom stereocenters. The van der Waals surface area contributed by atoms with Crippen LogP contribution >= 0.6 is 0 Å². The van der Waals surface area contributed by atoms with E-state index in [1.165, 1.54) is 60.8 Å². The predicted molar refractivity (Wildman–Crippen MR) is 103 cm³/mol. The lowest BCUT2D eigenvalue weighted by atomic mass is 9.57. The first-order chi connectivity index (χ1) is 12.3. The molecule has 0 bridgehead atoms. The fraction of sp³-hybridized carbons (Fsp3) is 0.636. The molecule has 2 N–H and O–H groups in total. The van der Waals surface area contributed by atoms with Crippen molar-refractivity contribution in [2.24, 2.45) is 11.3 Å². The van der Waals surface area contributed by atoms with Gasteiger partial charge in [-0.1, -0.05) is 43.4 Å². The average Bonchev–Trinajstić information content (AvgIpc) is 2.57. The van der Waals surface area contributed by atoms with E-state index < -0.39 is 6.16 Å². The summed E-state index contributed by atoms with van der Waals surface area (Å²) in [5.41, 5.74) is 5.22. The van der Waals surface area contributed by atoms with Gasteiger partial charge in [0, 0.05) is 11.8 Å². The van der Waals surface area contributed by atoms with Gasteiger partial charge in [-0.2, -0.15) is 0 Å². The average molecular weight is 360 g/mol. The topological polar surface area (TPSA) is 74.6 Å². The predicted octanol–water partition coefficient (Wildman–Crippen LogP) is 5.70. The van der Waals surface area contributed by atoms with E-state index in [2.05, 4.69) is 32.9 Å². The Hall–Kier alpha value is -1.84. The van der Waals surface area contributed by atoms with Crippen LogP contribution in [0.15, 0.2) is 12.1 Å². The van der Waals surface area contributed by atoms with Gasteiger partial charge in [0.2, 0.25) is 0 Å². The molecule has 0 radical (unpaired) electrons. The van der Waals surface area contributed by atoms with E-state index in [-0.39, 0.29) is 5.41 Å². The summed E-state index contributed by atoms with van der Waals surface area (Å²) in [6, 6.07) is 4.46. The summed E-state index contributed by atoms with van der Waals surface area (Å²) in [6.07, 6.45) is 8.90. The Balaban J connectivity index is 0.000000552. The van der Waals surface area contributed by atoms with E-state index in [4.69, 9.17) is 15.0 Å². The van der Waals surface area contributed by atoms with Gasteiger partial charge in [0.25, 0.3) is 0 Å². The summed E-state index contributed by atoms with van der Waals surface area (Å²) in [5.74, 6) is 1.22. The van der Waals surface area contributed by atoms with E-state index in [1.54, 1.807) is 0 Å². The molecule has 1 aromatic carbocycles. The lowest BCUT2D eigenvalue weighted by Crippen LogP contribution is -2.44. The van der Waals surface area contributed by atoms with Gasteiger partial charge in [0.1, 0.15) is 5.78 Å². The van der Waals surface area contributed by atoms with Crippen LogP contribution in [0, 0.1) is 32.1 Å². The molecule has 2 aliphatic carbocycles. The second kappa shape index (κ2) is 8.70. The van der Waals surface area contributed by atoms with Crippen LogP contribution in [0.4, 0.5) is 4.79 Å². The second-order valence-corrected chi connectivity index (χ2v) is 8.10. The molecular weight excluding hydrogens is 328 g/mol. The van der Waals surface area contributed by atoms with Crippen molar-refractivity contribution >= 4 is 11.9 Å². The maximum absolute atomic E-state index is 13.3. The molecule has 0 aromatic heterocycles. The number of carbonyl (C=O) groups is 2. The molecule has 0 amide bonds. The van der Waals surface area contributed by atoms with Crippen molar-refractivity contribution in [1.82, 2.24) is 0 Å². The molecule has 26 heavy (non-hydrogen) atoms. The van der Waals surface area contributed by atoms with Crippen molar-refractivity contribution in [2.75, 3.05) is 0 Å². The van der Waals surface area contributed by atoms with Gasteiger partial charge in [-0.3, -0.25) is 4.79 Å². The van der Waals surface area contributed by atoms with E-state index in [0.717, 1.165) is 12.8 Å². The summed E-state index contributed by atoms with van der Waals surface area (Å²) < 4.78 is 0. The van der Waals surface area contributed by atoms with E-state index in [0.29, 0.717) is 18.1 Å². The van der Waals surface area contributed by atoms with Crippen molar-refractivity contribution < 1.29 is 19.8 Å². The van der Waals surface area contributed by atoms with Crippen molar-refractivity contribution in [3.05, 3.63) is 34.4 Å². The second-order valence-electron chi connectivity index (χ2n) is 8.10. The first-order valence-electron chi connectivity index (χ1n) is 9.78. The zero-order chi connectivity index (χ0) is 19.3. The molecule has 0 spiro atoms. The SMILES string of the molecule is Cc1cc(C)c(CC(=O)C23CCCCC2CCCC3)c(C)c1.O=C(O)O. The monoisotopic (exact) mass is 360 g/mol. The molecule has 0 saturated heterocycles. The molecular formula is C22H32O4. The number of carboxylic acid groups (broad SMARTS) is 2. The fourth-order valence-corrected chi connectivity index (χ4v) is 5.22. The lowest BCUT2D eigenvalue weighted by molar-refractivity contribution is -0.136. The Labute approximate surface area is 156 Å². The van der Waals surface area contributed by atoms with Crippen LogP contribution in [-0.2, 0) is 11.2 Å². The Morgan fingerprint density at radius 1 is 0.962 bits per heavy atom. The molecule has 2 aliphatic rings. The molecule has 0 heterocycles. The zero-order valence-corrected chi connectivity index (χ0v) is 16.3. The minimum absolute atomic E-state index is 0.0280. The van der Waals surface area contributed by atoms with Crippen LogP contribution in [0.5, 0.6) is 0 Å². The summed E-state index contributed by atoms with van der Waals surface area (Å²) >= 11 is 0. The molecule has 0 atom stereocenters. The number of ketones is 1. The maximum Gasteiger partial charge on any atom is 0.503 e. The van der Waals surface area contributed by atoms with Crippen LogP contribution in [0.1, 0.15) is 73.6 Å². The third-order valence-corrected chi connectivity index (χ3v) is 6.37. The summed E-state index contributed by atoms with van der Waals surface area (Å²) in [5, 5.41) is 13.9. The number of aryl methyl sites for hydroxylation is 3. The minimum atomic E-state index is -1.83. The van der Waals surface area contributed by atoms with Crippen molar-refractivity contribution in [3.63, 3.8) is 0 Å². The van der Waals surface area contributed by atoms with Gasteiger partial charge in [-0.15, -0.1) is 0 Å². The Morgan fingerprint density at radius 3 is 1.88 bits per heavy atom. The number of benzene rings is 1. The number of rotatable bonds is 3. The number of hydrogen-bond acceptors (Lipinski definition) is 2. The molecule has 2 saturated carbocycles. The van der Waals surface area contributed by atoms with Gasteiger partial charge in [-0.05, 0) is 69.1 Å². The number of hydrogen-bond donors (Lipinski definition) is 2. The highest BCUT2D eigenvalue weighted by atomic mass is 16.6. The number of Topliss-reactive ketones (excluding diaryl/α,β-unsaturated/α-hetero) is 1. The Kier molecular flexibility index (Phi) is 6.85. The van der Waals surface area contributed by atoms with E-state index >= 15 is 0 Å². The molecule has 3 rings (SSSR count). The highest BCUT2D eigenvalue weighted by Crippen LogP contribution is 2.51. The Bertz CT molecular complexity index is 623. The van der Waals surface area contributed by atoms with Gasteiger partial charge in [0.05, 0.1) is 0 Å².